The van der Waals surface area contributed by atoms with Gasteiger partial charge in [-0.1, -0.05) is 54.2 Å². The van der Waals surface area contributed by atoms with Crippen LogP contribution in [0.4, 0.5) is 0 Å². The number of aliphatic hydroxyl groups is 1. The van der Waals surface area contributed by atoms with E-state index in [0.717, 1.165) is 25.7 Å². The van der Waals surface area contributed by atoms with E-state index in [1.54, 1.807) is 25.9 Å². The van der Waals surface area contributed by atoms with E-state index in [2.05, 4.69) is 40.3 Å². The van der Waals surface area contributed by atoms with Gasteiger partial charge in [-0.15, -0.1) is 0 Å². The molecule has 0 saturated heterocycles. The van der Waals surface area contributed by atoms with E-state index in [0.29, 0.717) is 24.2 Å². The van der Waals surface area contributed by atoms with Crippen LogP contribution in [0.2, 0.25) is 0 Å². The monoisotopic (exact) mass is 625 g/mol. The maximum absolute atomic E-state index is 13.7. The molecule has 8 nitrogen and oxygen atoms in total. The highest BCUT2D eigenvalue weighted by atomic mass is 16.5. The molecule has 5 aliphatic carbocycles. The van der Waals surface area contributed by atoms with Crippen LogP contribution in [-0.2, 0) is 28.7 Å². The van der Waals surface area contributed by atoms with Crippen LogP contribution < -0.4 is 0 Å². The van der Waals surface area contributed by atoms with E-state index >= 15 is 0 Å². The van der Waals surface area contributed by atoms with E-state index < -0.39 is 29.8 Å². The summed E-state index contributed by atoms with van der Waals surface area (Å²) in [6.45, 7) is 18.4. The number of Topliss-reactive ketones (excluding diaryl/α,β-unsaturated/α-hetero) is 1. The molecule has 0 heterocycles. The summed E-state index contributed by atoms with van der Waals surface area (Å²) in [6, 6.07) is 0. The minimum Gasteiger partial charge on any atom is -0.464 e. The molecule has 5 aliphatic rings. The maximum atomic E-state index is 13.7. The zero-order chi connectivity index (χ0) is 33.4. The number of hydrogen-bond donors (Lipinski definition) is 1. The third-order valence-electron chi connectivity index (χ3n) is 14.2. The zero-order valence-corrected chi connectivity index (χ0v) is 28.9. The summed E-state index contributed by atoms with van der Waals surface area (Å²) in [5.74, 6) is -0.843. The molecule has 0 aromatic rings. The maximum Gasteiger partial charge on any atom is 0.320 e. The first-order valence-corrected chi connectivity index (χ1v) is 17.0. The molecule has 1 N–H and O–H groups in total. The van der Waals surface area contributed by atoms with Crippen LogP contribution in [0.3, 0.4) is 0 Å². The average Bonchev–Trinajstić information content (AvgIpc) is 3.40. The number of carbonyl (C=O) groups is 4. The van der Waals surface area contributed by atoms with Crippen molar-refractivity contribution >= 4 is 23.5 Å². The van der Waals surface area contributed by atoms with Gasteiger partial charge in [-0.25, -0.2) is 0 Å². The van der Waals surface area contributed by atoms with Crippen LogP contribution in [0.15, 0.2) is 24.3 Å². The Morgan fingerprint density at radius 2 is 1.78 bits per heavy atom. The number of fused-ring (bicyclic) bond motifs is 2. The van der Waals surface area contributed by atoms with Crippen molar-refractivity contribution in [1.82, 2.24) is 4.90 Å². The van der Waals surface area contributed by atoms with E-state index in [1.165, 1.54) is 6.92 Å². The first kappa shape index (κ1) is 34.0. The Kier molecular flexibility index (Phi) is 8.64. The molecule has 2 spiro atoms. The molecular weight excluding hydrogens is 570 g/mol. The van der Waals surface area contributed by atoms with Crippen molar-refractivity contribution in [2.24, 2.45) is 63.1 Å². The third-order valence-corrected chi connectivity index (χ3v) is 14.2. The van der Waals surface area contributed by atoms with Gasteiger partial charge >= 0.3 is 11.9 Å². The molecule has 0 aliphatic heterocycles. The minimum absolute atomic E-state index is 0.0109. The Bertz CT molecular complexity index is 1310. The predicted molar refractivity (Wildman–Crippen MR) is 171 cm³/mol. The van der Waals surface area contributed by atoms with Gasteiger partial charge in [-0.05, 0) is 97.8 Å². The second-order valence-corrected chi connectivity index (χ2v) is 16.2. The molecule has 0 radical (unpaired) electrons. The van der Waals surface area contributed by atoms with Gasteiger partial charge in [0.15, 0.2) is 11.6 Å². The van der Waals surface area contributed by atoms with Gasteiger partial charge in [0.2, 0.25) is 0 Å². The van der Waals surface area contributed by atoms with Crippen molar-refractivity contribution in [3.05, 3.63) is 24.3 Å². The van der Waals surface area contributed by atoms with Crippen molar-refractivity contribution in [3.8, 4) is 0 Å². The standard InChI is InChI=1S/C37H55NO7/c1-20(19-44-30(41)18-38(9)10)21(2)32(42)33(43)23(4)31-28(45-25(6)39)17-35(8)29-12-11-26-22(3)27(40)13-14-36(26)24(5)37(29,36)16-15-34(31,35)7/h13-14,20,22-24,26,28-29,31,33,43H,2,11-12,15-19H2,1,3-10H3/t20-,22-,23-,24+,26?,28-,29-,31?,33+,34?,35-,36?,37-/m0/s1. The summed E-state index contributed by atoms with van der Waals surface area (Å²) in [4.78, 5) is 52.7. The molecule has 8 heteroatoms. The fraction of sp³-hybridized carbons (Fsp3) is 0.784. The summed E-state index contributed by atoms with van der Waals surface area (Å²) in [7, 11) is 3.55. The molecule has 0 aromatic carbocycles. The fourth-order valence-electron chi connectivity index (χ4n) is 11.9. The normalized spacial score (nSPS) is 43.2. The summed E-state index contributed by atoms with van der Waals surface area (Å²) < 4.78 is 11.4. The Labute approximate surface area is 269 Å². The highest BCUT2D eigenvalue weighted by Gasteiger charge is 2.85. The first-order valence-electron chi connectivity index (χ1n) is 17.0. The number of likely N-dealkylation sites (N-methyl/N-ethyl adjacent to an activating group) is 1. The molecule has 0 bridgehead atoms. The largest absolute Gasteiger partial charge is 0.464 e. The van der Waals surface area contributed by atoms with Crippen molar-refractivity contribution in [1.29, 1.82) is 0 Å². The lowest BCUT2D eigenvalue weighted by Crippen LogP contribution is -2.56. The van der Waals surface area contributed by atoms with Crippen molar-refractivity contribution in [2.75, 3.05) is 27.2 Å². The molecule has 0 aromatic heterocycles. The minimum atomic E-state index is -1.33. The number of esters is 2. The quantitative estimate of drug-likeness (QED) is 0.266. The number of nitrogens with zero attached hydrogens (tertiary/aromatic N) is 1. The molecule has 0 amide bonds. The second-order valence-electron chi connectivity index (χ2n) is 16.2. The van der Waals surface area contributed by atoms with Crippen LogP contribution in [0.25, 0.3) is 0 Å². The van der Waals surface area contributed by atoms with Crippen molar-refractivity contribution < 1.29 is 33.8 Å². The molecule has 4 fully saturated rings. The van der Waals surface area contributed by atoms with E-state index in [1.807, 2.05) is 13.0 Å². The molecular formula is C37H55NO7. The highest BCUT2D eigenvalue weighted by Crippen LogP contribution is 2.89. The van der Waals surface area contributed by atoms with Gasteiger partial charge < -0.3 is 14.6 Å². The lowest BCUT2D eigenvalue weighted by atomic mass is 9.43. The number of aliphatic hydroxyl groups excluding tert-OH is 1. The van der Waals surface area contributed by atoms with Gasteiger partial charge in [0.25, 0.3) is 0 Å². The third kappa shape index (κ3) is 4.74. The van der Waals surface area contributed by atoms with Crippen LogP contribution in [0, 0.1) is 63.1 Å². The average molecular weight is 626 g/mol. The Morgan fingerprint density at radius 3 is 2.40 bits per heavy atom. The molecule has 4 unspecified atom stereocenters. The SMILES string of the molecule is C=C(C(=O)[C@H](O)[C@@H](C)C1[C@@H](OC(C)=O)C[C@@]2(C)[C@@H]3CCC4[C@H](C)C(=O)C=CC45[C@@H](C)[C@@]35CCC12C)[C@@H](C)COC(=O)CN(C)C. The lowest BCUT2D eigenvalue weighted by Gasteiger charge is -2.61. The van der Waals surface area contributed by atoms with Gasteiger partial charge in [0.1, 0.15) is 12.2 Å². The van der Waals surface area contributed by atoms with Crippen LogP contribution in [0.1, 0.15) is 80.6 Å². The fourth-order valence-corrected chi connectivity index (χ4v) is 11.9. The lowest BCUT2D eigenvalue weighted by molar-refractivity contribution is -0.155. The van der Waals surface area contributed by atoms with Gasteiger partial charge in [0.05, 0.1) is 13.2 Å². The van der Waals surface area contributed by atoms with Crippen LogP contribution >= 0.6 is 0 Å². The molecule has 4 saturated carbocycles. The Morgan fingerprint density at radius 1 is 1.11 bits per heavy atom. The van der Waals surface area contributed by atoms with Crippen molar-refractivity contribution in [3.63, 3.8) is 0 Å². The van der Waals surface area contributed by atoms with Gasteiger partial charge in [-0.2, -0.15) is 0 Å². The van der Waals surface area contributed by atoms with Crippen molar-refractivity contribution in [2.45, 2.75) is 92.8 Å². The van der Waals surface area contributed by atoms with Gasteiger partial charge in [-0.3, -0.25) is 24.1 Å². The summed E-state index contributed by atoms with van der Waals surface area (Å²) in [6.07, 6.45) is 7.03. The second kappa shape index (κ2) is 11.4. The molecule has 45 heavy (non-hydrogen) atoms. The number of hydrogen-bond acceptors (Lipinski definition) is 8. The van der Waals surface area contributed by atoms with E-state index in [4.69, 9.17) is 9.47 Å². The smallest absolute Gasteiger partial charge is 0.320 e. The molecule has 13 atom stereocenters. The Hall–Kier alpha value is -2.32. The van der Waals surface area contributed by atoms with Gasteiger partial charge in [0, 0.05) is 30.1 Å². The van der Waals surface area contributed by atoms with E-state index in [-0.39, 0.29) is 69.9 Å². The topological polar surface area (TPSA) is 110 Å². The zero-order valence-electron chi connectivity index (χ0n) is 28.9. The Balaban J connectivity index is 1.41. The number of ether oxygens (including phenoxy) is 2. The molecule has 5 rings (SSSR count). The van der Waals surface area contributed by atoms with Crippen LogP contribution in [0.5, 0.6) is 0 Å². The number of allylic oxidation sites excluding steroid dienone is 2. The predicted octanol–water partition coefficient (Wildman–Crippen LogP) is 5.03. The highest BCUT2D eigenvalue weighted by molar-refractivity contribution is 5.98. The number of carbonyl (C=O) groups excluding carboxylic acids is 4. The molecule has 250 valence electrons. The summed E-state index contributed by atoms with van der Waals surface area (Å²) >= 11 is 0. The summed E-state index contributed by atoms with van der Waals surface area (Å²) in [5, 5.41) is 11.6. The van der Waals surface area contributed by atoms with E-state index in [9.17, 15) is 24.3 Å². The number of rotatable bonds is 10. The van der Waals surface area contributed by atoms with Crippen LogP contribution in [-0.4, -0.2) is 73.0 Å². The number of ketones is 2. The first-order chi connectivity index (χ1) is 20.9. The summed E-state index contributed by atoms with van der Waals surface area (Å²) in [5.41, 5.74) is -0.0951.